The van der Waals surface area contributed by atoms with Gasteiger partial charge in [-0.3, -0.25) is 4.79 Å². The topological polar surface area (TPSA) is 17.1 Å². The van der Waals surface area contributed by atoms with Crippen molar-refractivity contribution < 1.29 is 4.79 Å². The second-order valence-corrected chi connectivity index (χ2v) is 6.56. The minimum atomic E-state index is -0.174. The van der Waals surface area contributed by atoms with E-state index in [0.717, 1.165) is 30.6 Å². The van der Waals surface area contributed by atoms with Crippen LogP contribution >= 0.6 is 11.8 Å². The highest BCUT2D eigenvalue weighted by atomic mass is 32.2. The van der Waals surface area contributed by atoms with Gasteiger partial charge in [0.05, 0.1) is 4.75 Å². The molecule has 1 unspecified atom stereocenters. The SMILES string of the molecule is CCCc1ccc(C(=O)C2(C)CCCS2)cc1. The van der Waals surface area contributed by atoms with Crippen LogP contribution in [0, 0.1) is 0 Å². The summed E-state index contributed by atoms with van der Waals surface area (Å²) in [6.07, 6.45) is 4.44. The predicted octanol–water partition coefficient (Wildman–Crippen LogP) is 4.11. The summed E-state index contributed by atoms with van der Waals surface area (Å²) in [5, 5.41) is 0. The molecule has 1 aliphatic rings. The molecule has 1 fully saturated rings. The van der Waals surface area contributed by atoms with E-state index in [0.29, 0.717) is 5.78 Å². The number of Topliss-reactive ketones (excluding diaryl/α,β-unsaturated/α-hetero) is 1. The van der Waals surface area contributed by atoms with E-state index < -0.39 is 0 Å². The van der Waals surface area contributed by atoms with Gasteiger partial charge in [0.2, 0.25) is 0 Å². The van der Waals surface area contributed by atoms with Gasteiger partial charge < -0.3 is 0 Å². The highest BCUT2D eigenvalue weighted by molar-refractivity contribution is 8.01. The fourth-order valence-corrected chi connectivity index (χ4v) is 3.65. The smallest absolute Gasteiger partial charge is 0.178 e. The molecule has 1 heterocycles. The zero-order valence-corrected chi connectivity index (χ0v) is 11.5. The summed E-state index contributed by atoms with van der Waals surface area (Å²) >= 11 is 1.81. The molecule has 2 heteroatoms. The number of hydrogen-bond acceptors (Lipinski definition) is 2. The molecule has 1 aromatic carbocycles. The van der Waals surface area contributed by atoms with Gasteiger partial charge in [-0.15, -0.1) is 11.8 Å². The zero-order chi connectivity index (χ0) is 12.3. The lowest BCUT2D eigenvalue weighted by molar-refractivity contribution is 0.0949. The van der Waals surface area contributed by atoms with Crippen LogP contribution in [-0.2, 0) is 6.42 Å². The molecule has 0 radical (unpaired) electrons. The lowest BCUT2D eigenvalue weighted by atomic mass is 9.94. The third kappa shape index (κ3) is 2.74. The fourth-order valence-electron chi connectivity index (χ4n) is 2.37. The first-order valence-corrected chi connectivity index (χ1v) is 7.42. The summed E-state index contributed by atoms with van der Waals surface area (Å²) in [5.74, 6) is 1.43. The minimum Gasteiger partial charge on any atom is -0.293 e. The molecule has 1 aromatic rings. The lowest BCUT2D eigenvalue weighted by Gasteiger charge is -2.20. The molecule has 0 aliphatic carbocycles. The van der Waals surface area contributed by atoms with Crippen LogP contribution in [0.3, 0.4) is 0 Å². The van der Waals surface area contributed by atoms with Crippen molar-refractivity contribution in [3.05, 3.63) is 35.4 Å². The van der Waals surface area contributed by atoms with Gasteiger partial charge in [-0.05, 0) is 37.5 Å². The van der Waals surface area contributed by atoms with Crippen LogP contribution in [0.15, 0.2) is 24.3 Å². The van der Waals surface area contributed by atoms with Gasteiger partial charge in [-0.2, -0.15) is 0 Å². The zero-order valence-electron chi connectivity index (χ0n) is 10.7. The molecule has 0 spiro atoms. The summed E-state index contributed by atoms with van der Waals surface area (Å²) in [5.41, 5.74) is 2.20. The monoisotopic (exact) mass is 248 g/mol. The Bertz CT molecular complexity index is 388. The number of carbonyl (C=O) groups is 1. The normalized spacial score (nSPS) is 23.9. The molecule has 1 aliphatic heterocycles. The van der Waals surface area contributed by atoms with Crippen LogP contribution in [0.25, 0.3) is 0 Å². The average Bonchev–Trinajstić information content (AvgIpc) is 2.78. The highest BCUT2D eigenvalue weighted by Gasteiger charge is 2.37. The van der Waals surface area contributed by atoms with E-state index >= 15 is 0 Å². The maximum absolute atomic E-state index is 12.4. The van der Waals surface area contributed by atoms with E-state index in [-0.39, 0.29) is 4.75 Å². The van der Waals surface area contributed by atoms with Gasteiger partial charge >= 0.3 is 0 Å². The maximum atomic E-state index is 12.4. The van der Waals surface area contributed by atoms with Crippen molar-refractivity contribution >= 4 is 17.5 Å². The molecule has 1 nitrogen and oxygen atoms in total. The Labute approximate surface area is 108 Å². The van der Waals surface area contributed by atoms with Gasteiger partial charge in [-0.1, -0.05) is 37.6 Å². The molecule has 17 heavy (non-hydrogen) atoms. The van der Waals surface area contributed by atoms with Crippen molar-refractivity contribution in [1.29, 1.82) is 0 Å². The summed E-state index contributed by atoms with van der Waals surface area (Å²) < 4.78 is -0.174. The number of carbonyl (C=O) groups excluding carboxylic acids is 1. The van der Waals surface area contributed by atoms with E-state index in [2.05, 4.69) is 26.0 Å². The van der Waals surface area contributed by atoms with Crippen molar-refractivity contribution in [2.24, 2.45) is 0 Å². The molecule has 0 N–H and O–H groups in total. The summed E-state index contributed by atoms with van der Waals surface area (Å²) in [7, 11) is 0. The number of rotatable bonds is 4. The Balaban J connectivity index is 2.14. The lowest BCUT2D eigenvalue weighted by Crippen LogP contribution is -2.28. The van der Waals surface area contributed by atoms with Crippen LogP contribution in [0.1, 0.15) is 49.0 Å². The van der Waals surface area contributed by atoms with Crippen molar-refractivity contribution in [2.45, 2.75) is 44.3 Å². The first-order valence-electron chi connectivity index (χ1n) is 6.43. The maximum Gasteiger partial charge on any atom is 0.178 e. The van der Waals surface area contributed by atoms with Crippen molar-refractivity contribution in [3.8, 4) is 0 Å². The number of thioether (sulfide) groups is 1. The Morgan fingerprint density at radius 3 is 2.59 bits per heavy atom. The summed E-state index contributed by atoms with van der Waals surface area (Å²) in [6, 6.07) is 8.19. The van der Waals surface area contributed by atoms with Gasteiger partial charge in [-0.25, -0.2) is 0 Å². The van der Waals surface area contributed by atoms with Crippen molar-refractivity contribution in [1.82, 2.24) is 0 Å². The van der Waals surface area contributed by atoms with Gasteiger partial charge in [0.25, 0.3) is 0 Å². The van der Waals surface area contributed by atoms with Crippen LogP contribution in [0.5, 0.6) is 0 Å². The third-order valence-electron chi connectivity index (χ3n) is 3.45. The standard InChI is InChI=1S/C15H20OS/c1-3-5-12-6-8-13(9-7-12)14(16)15(2)10-4-11-17-15/h6-9H,3-5,10-11H2,1-2H3. The Hall–Kier alpha value is -0.760. The van der Waals surface area contributed by atoms with E-state index in [1.165, 1.54) is 12.0 Å². The first-order chi connectivity index (χ1) is 8.15. The van der Waals surface area contributed by atoms with Gasteiger partial charge in [0.15, 0.2) is 5.78 Å². The van der Waals surface area contributed by atoms with Crippen LogP contribution < -0.4 is 0 Å². The summed E-state index contributed by atoms with van der Waals surface area (Å²) in [6.45, 7) is 4.27. The highest BCUT2D eigenvalue weighted by Crippen LogP contribution is 2.40. The van der Waals surface area contributed by atoms with E-state index in [1.54, 1.807) is 0 Å². The second kappa shape index (κ2) is 5.26. The molecular weight excluding hydrogens is 228 g/mol. The molecule has 92 valence electrons. The molecule has 0 saturated carbocycles. The number of ketones is 1. The second-order valence-electron chi connectivity index (χ2n) is 4.96. The molecule has 1 atom stereocenters. The third-order valence-corrected chi connectivity index (χ3v) is 4.97. The largest absolute Gasteiger partial charge is 0.293 e. The molecular formula is C15H20OS. The van der Waals surface area contributed by atoms with Crippen molar-refractivity contribution in [3.63, 3.8) is 0 Å². The number of hydrogen-bond donors (Lipinski definition) is 0. The van der Waals surface area contributed by atoms with Crippen molar-refractivity contribution in [2.75, 3.05) is 5.75 Å². The molecule has 0 amide bonds. The molecule has 0 aromatic heterocycles. The average molecular weight is 248 g/mol. The van der Waals surface area contributed by atoms with Crippen LogP contribution in [-0.4, -0.2) is 16.3 Å². The quantitative estimate of drug-likeness (QED) is 0.746. The Kier molecular flexibility index (Phi) is 3.93. The van der Waals surface area contributed by atoms with Crippen LogP contribution in [0.4, 0.5) is 0 Å². The van der Waals surface area contributed by atoms with Gasteiger partial charge in [0, 0.05) is 5.56 Å². The molecule has 2 rings (SSSR count). The van der Waals surface area contributed by atoms with Crippen LogP contribution in [0.2, 0.25) is 0 Å². The summed E-state index contributed by atoms with van der Waals surface area (Å²) in [4.78, 5) is 12.4. The predicted molar refractivity (Wildman–Crippen MR) is 74.9 cm³/mol. The van der Waals surface area contributed by atoms with E-state index in [9.17, 15) is 4.79 Å². The van der Waals surface area contributed by atoms with E-state index in [1.807, 2.05) is 23.9 Å². The number of benzene rings is 1. The number of aryl methyl sites for hydroxylation is 1. The molecule has 1 saturated heterocycles. The van der Waals surface area contributed by atoms with E-state index in [4.69, 9.17) is 0 Å². The fraction of sp³-hybridized carbons (Fsp3) is 0.533. The Morgan fingerprint density at radius 2 is 2.06 bits per heavy atom. The first kappa shape index (κ1) is 12.7. The minimum absolute atomic E-state index is 0.174. The Morgan fingerprint density at radius 1 is 1.35 bits per heavy atom. The van der Waals surface area contributed by atoms with Gasteiger partial charge in [0.1, 0.15) is 0 Å². The molecule has 0 bridgehead atoms.